The summed E-state index contributed by atoms with van der Waals surface area (Å²) in [5, 5.41) is 0. The van der Waals surface area contributed by atoms with Crippen LogP contribution in [0.25, 0.3) is 22.5 Å². The van der Waals surface area contributed by atoms with Crippen LogP contribution < -0.4 is 11.4 Å². The van der Waals surface area contributed by atoms with Gasteiger partial charge in [-0.25, -0.2) is 9.18 Å². The smallest absolute Gasteiger partial charge is 0.360 e. The second kappa shape index (κ2) is 5.25. The molecule has 1 heterocycles. The van der Waals surface area contributed by atoms with Crippen LogP contribution in [-0.4, -0.2) is 0 Å². The molecular formula is C17H12FNO2. The van der Waals surface area contributed by atoms with Crippen molar-refractivity contribution in [1.29, 1.82) is 0 Å². The van der Waals surface area contributed by atoms with Crippen molar-refractivity contribution >= 4 is 5.69 Å². The van der Waals surface area contributed by atoms with E-state index in [9.17, 15) is 9.18 Å². The normalized spacial score (nSPS) is 10.5. The van der Waals surface area contributed by atoms with Crippen LogP contribution in [0.5, 0.6) is 0 Å². The van der Waals surface area contributed by atoms with E-state index in [1.807, 2.05) is 30.3 Å². The molecule has 0 aliphatic carbocycles. The lowest BCUT2D eigenvalue weighted by Crippen LogP contribution is -2.08. The summed E-state index contributed by atoms with van der Waals surface area (Å²) in [6.45, 7) is 0. The van der Waals surface area contributed by atoms with Crippen molar-refractivity contribution in [1.82, 2.24) is 0 Å². The maximum atomic E-state index is 13.0. The molecule has 0 saturated carbocycles. The molecule has 0 atom stereocenters. The average molecular weight is 281 g/mol. The molecule has 21 heavy (non-hydrogen) atoms. The molecule has 2 aromatic carbocycles. The van der Waals surface area contributed by atoms with Crippen molar-refractivity contribution in [2.24, 2.45) is 0 Å². The largest absolute Gasteiger partial charge is 0.421 e. The van der Waals surface area contributed by atoms with Crippen molar-refractivity contribution in [3.05, 3.63) is 76.9 Å². The molecule has 3 aromatic rings. The molecule has 104 valence electrons. The Morgan fingerprint density at radius 1 is 0.905 bits per heavy atom. The Bertz CT molecular complexity index is 824. The van der Waals surface area contributed by atoms with E-state index in [1.165, 1.54) is 12.1 Å². The number of nitrogen functional groups attached to an aromatic ring is 1. The van der Waals surface area contributed by atoms with Crippen molar-refractivity contribution in [2.45, 2.75) is 0 Å². The van der Waals surface area contributed by atoms with Crippen molar-refractivity contribution in [3.63, 3.8) is 0 Å². The van der Waals surface area contributed by atoms with Gasteiger partial charge in [-0.3, -0.25) is 0 Å². The number of nitrogens with two attached hydrogens (primary N) is 1. The number of hydrogen-bond acceptors (Lipinski definition) is 3. The van der Waals surface area contributed by atoms with Gasteiger partial charge in [-0.1, -0.05) is 30.3 Å². The fourth-order valence-electron chi connectivity index (χ4n) is 2.12. The fourth-order valence-corrected chi connectivity index (χ4v) is 2.12. The summed E-state index contributed by atoms with van der Waals surface area (Å²) < 4.78 is 18.2. The topological polar surface area (TPSA) is 56.2 Å². The third kappa shape index (κ3) is 2.56. The van der Waals surface area contributed by atoms with Gasteiger partial charge >= 0.3 is 5.63 Å². The Balaban J connectivity index is 2.19. The number of hydrogen-bond donors (Lipinski definition) is 1. The summed E-state index contributed by atoms with van der Waals surface area (Å²) in [5.41, 5.74) is 7.32. The molecule has 0 saturated heterocycles. The number of benzene rings is 2. The minimum atomic E-state index is -0.601. The van der Waals surface area contributed by atoms with Gasteiger partial charge in [0.15, 0.2) is 0 Å². The molecular weight excluding hydrogens is 269 g/mol. The minimum absolute atomic E-state index is 0.0621. The third-order valence-corrected chi connectivity index (χ3v) is 3.20. The van der Waals surface area contributed by atoms with Crippen LogP contribution in [0.15, 0.2) is 69.9 Å². The summed E-state index contributed by atoms with van der Waals surface area (Å²) in [6.07, 6.45) is 0. The van der Waals surface area contributed by atoms with Gasteiger partial charge < -0.3 is 10.2 Å². The number of rotatable bonds is 2. The van der Waals surface area contributed by atoms with E-state index in [2.05, 4.69) is 0 Å². The lowest BCUT2D eigenvalue weighted by Gasteiger charge is -2.07. The average Bonchev–Trinajstić information content (AvgIpc) is 2.51. The van der Waals surface area contributed by atoms with Crippen LogP contribution in [0.1, 0.15) is 0 Å². The van der Waals surface area contributed by atoms with Gasteiger partial charge in [-0.15, -0.1) is 0 Å². The van der Waals surface area contributed by atoms with Crippen LogP contribution >= 0.6 is 0 Å². The molecule has 4 heteroatoms. The third-order valence-electron chi connectivity index (χ3n) is 3.20. The first-order valence-electron chi connectivity index (χ1n) is 6.40. The van der Waals surface area contributed by atoms with E-state index in [1.54, 1.807) is 18.2 Å². The van der Waals surface area contributed by atoms with Crippen molar-refractivity contribution < 1.29 is 8.81 Å². The van der Waals surface area contributed by atoms with E-state index in [4.69, 9.17) is 10.2 Å². The van der Waals surface area contributed by atoms with E-state index in [-0.39, 0.29) is 11.5 Å². The molecule has 0 aliphatic rings. The van der Waals surface area contributed by atoms with E-state index in [0.29, 0.717) is 16.9 Å². The zero-order chi connectivity index (χ0) is 14.8. The lowest BCUT2D eigenvalue weighted by atomic mass is 10.0. The first kappa shape index (κ1) is 13.1. The van der Waals surface area contributed by atoms with Gasteiger partial charge in [-0.2, -0.15) is 0 Å². The Hall–Kier alpha value is -2.88. The lowest BCUT2D eigenvalue weighted by molar-refractivity contribution is 0.529. The highest BCUT2D eigenvalue weighted by Gasteiger charge is 2.11. The molecule has 0 aliphatic heterocycles. The second-order valence-corrected chi connectivity index (χ2v) is 4.60. The van der Waals surface area contributed by atoms with Crippen molar-refractivity contribution in [2.75, 3.05) is 5.73 Å². The summed E-state index contributed by atoms with van der Waals surface area (Å²) in [6, 6.07) is 16.8. The highest BCUT2D eigenvalue weighted by atomic mass is 19.1. The predicted octanol–water partition coefficient (Wildman–Crippen LogP) is 3.70. The zero-order valence-corrected chi connectivity index (χ0v) is 11.0. The Morgan fingerprint density at radius 3 is 2.24 bits per heavy atom. The molecule has 0 amide bonds. The summed E-state index contributed by atoms with van der Waals surface area (Å²) in [5.74, 6) is 0.00729. The number of halogens is 1. The molecule has 0 unspecified atom stereocenters. The second-order valence-electron chi connectivity index (χ2n) is 4.60. The van der Waals surface area contributed by atoms with Crippen LogP contribution in [0.3, 0.4) is 0 Å². The Kier molecular flexibility index (Phi) is 3.28. The summed E-state index contributed by atoms with van der Waals surface area (Å²) in [4.78, 5) is 11.9. The van der Waals surface area contributed by atoms with Crippen molar-refractivity contribution in [3.8, 4) is 22.5 Å². The zero-order valence-electron chi connectivity index (χ0n) is 11.0. The van der Waals surface area contributed by atoms with Gasteiger partial charge in [0.1, 0.15) is 17.3 Å². The van der Waals surface area contributed by atoms with Gasteiger partial charge in [0.2, 0.25) is 0 Å². The molecule has 0 fully saturated rings. The first-order valence-corrected chi connectivity index (χ1v) is 6.40. The Labute approximate surface area is 120 Å². The van der Waals surface area contributed by atoms with E-state index >= 15 is 0 Å². The summed E-state index contributed by atoms with van der Waals surface area (Å²) in [7, 11) is 0. The maximum Gasteiger partial charge on any atom is 0.360 e. The van der Waals surface area contributed by atoms with Crippen LogP contribution in [0.2, 0.25) is 0 Å². The van der Waals surface area contributed by atoms with E-state index in [0.717, 1.165) is 5.56 Å². The summed E-state index contributed by atoms with van der Waals surface area (Å²) >= 11 is 0. The molecule has 3 nitrogen and oxygen atoms in total. The number of anilines is 1. The molecule has 2 N–H and O–H groups in total. The molecule has 0 spiro atoms. The predicted molar refractivity (Wildman–Crippen MR) is 80.2 cm³/mol. The monoisotopic (exact) mass is 281 g/mol. The van der Waals surface area contributed by atoms with Crippen LogP contribution in [0.4, 0.5) is 10.1 Å². The maximum absolute atomic E-state index is 13.0. The first-order chi connectivity index (χ1) is 10.1. The van der Waals surface area contributed by atoms with Gasteiger partial charge in [0.05, 0.1) is 0 Å². The molecule has 1 aromatic heterocycles. The fraction of sp³-hybridized carbons (Fsp3) is 0. The van der Waals surface area contributed by atoms with Crippen LogP contribution in [0, 0.1) is 5.82 Å². The minimum Gasteiger partial charge on any atom is -0.421 e. The quantitative estimate of drug-likeness (QED) is 0.779. The standard InChI is InChI=1S/C17H12FNO2/c18-13-8-6-12(7-9-13)15-10-14(16(19)17(20)21-15)11-4-2-1-3-5-11/h1-10H,19H2. The molecule has 0 radical (unpaired) electrons. The molecule has 0 bridgehead atoms. The SMILES string of the molecule is Nc1c(-c2ccccc2)cc(-c2ccc(F)cc2)oc1=O. The van der Waals surface area contributed by atoms with Crippen LogP contribution in [-0.2, 0) is 0 Å². The Morgan fingerprint density at radius 2 is 1.57 bits per heavy atom. The van der Waals surface area contributed by atoms with Gasteiger partial charge in [-0.05, 0) is 35.9 Å². The van der Waals surface area contributed by atoms with E-state index < -0.39 is 5.63 Å². The highest BCUT2D eigenvalue weighted by Crippen LogP contribution is 2.28. The van der Waals surface area contributed by atoms with Gasteiger partial charge in [0, 0.05) is 11.1 Å². The molecule has 3 rings (SSSR count). The highest BCUT2D eigenvalue weighted by molar-refractivity contribution is 5.78. The van der Waals surface area contributed by atoms with Gasteiger partial charge in [0.25, 0.3) is 0 Å².